The molecule has 1 saturated carbocycles. The minimum Gasteiger partial charge on any atom is -0.492 e. The maximum atomic E-state index is 13.4. The van der Waals surface area contributed by atoms with E-state index in [0.717, 1.165) is 31.2 Å². The molecule has 3 aromatic heterocycles. The number of rotatable bonds is 7. The largest absolute Gasteiger partial charge is 0.492 e. The first-order valence-electron chi connectivity index (χ1n) is 12.4. The molecule has 0 bridgehead atoms. The minimum atomic E-state index is -0.599. The number of hydrogen-bond acceptors (Lipinski definition) is 6. The second kappa shape index (κ2) is 9.60. The fourth-order valence-electron chi connectivity index (χ4n) is 4.76. The van der Waals surface area contributed by atoms with Crippen LogP contribution in [-0.2, 0) is 11.3 Å². The highest BCUT2D eigenvalue weighted by atomic mass is 16.3. The third kappa shape index (κ3) is 4.50. The van der Waals surface area contributed by atoms with E-state index in [2.05, 4.69) is 15.4 Å². The number of nitrogens with one attached hydrogen (secondary N) is 1. The molecule has 188 valence electrons. The summed E-state index contributed by atoms with van der Waals surface area (Å²) in [4.78, 5) is 45.2. The van der Waals surface area contributed by atoms with E-state index >= 15 is 0 Å². The lowest BCUT2D eigenvalue weighted by Gasteiger charge is -2.23. The molecule has 5 rings (SSSR count). The van der Waals surface area contributed by atoms with Crippen LogP contribution in [0.3, 0.4) is 0 Å². The number of amides is 2. The maximum absolute atomic E-state index is 13.4. The van der Waals surface area contributed by atoms with E-state index in [9.17, 15) is 19.5 Å². The molecule has 0 aromatic carbocycles. The van der Waals surface area contributed by atoms with Gasteiger partial charge in [0, 0.05) is 43.2 Å². The Hall–Kier alpha value is -3.95. The van der Waals surface area contributed by atoms with Crippen molar-refractivity contribution >= 4 is 23.5 Å². The average molecular weight is 491 g/mol. The Morgan fingerprint density at radius 1 is 1.25 bits per heavy atom. The summed E-state index contributed by atoms with van der Waals surface area (Å²) in [7, 11) is 0. The zero-order valence-corrected chi connectivity index (χ0v) is 20.4. The standard InChI is InChI=1S/C26H30N6O4/c1-16(2)15-31-24-18(7-10-21(33)30-12-4-6-20(30)17-5-3-11-27-13-17)14-28-32(24)26(36)22(25(31)35)23(34)29-19-8-9-19/h3,5,7,10-11,13-14,16,19-20,36H,4,6,8-9,12,15H2,1-2H3,(H,29,34)/b10-7+/t20-/m1/s1. The molecule has 0 spiro atoms. The van der Waals surface area contributed by atoms with Crippen LogP contribution in [0.5, 0.6) is 5.88 Å². The summed E-state index contributed by atoms with van der Waals surface area (Å²) in [5.74, 6) is -1.16. The monoisotopic (exact) mass is 490 g/mol. The predicted octanol–water partition coefficient (Wildman–Crippen LogP) is 2.52. The molecule has 36 heavy (non-hydrogen) atoms. The van der Waals surface area contributed by atoms with Gasteiger partial charge in [0.15, 0.2) is 5.56 Å². The molecule has 1 aliphatic carbocycles. The van der Waals surface area contributed by atoms with Gasteiger partial charge in [-0.15, -0.1) is 0 Å². The summed E-state index contributed by atoms with van der Waals surface area (Å²) in [6, 6.07) is 3.84. The van der Waals surface area contributed by atoms with Crippen LogP contribution in [0.15, 0.2) is 41.6 Å². The maximum Gasteiger partial charge on any atom is 0.270 e. The van der Waals surface area contributed by atoms with Crippen LogP contribution in [0, 0.1) is 5.92 Å². The van der Waals surface area contributed by atoms with E-state index in [-0.39, 0.29) is 29.5 Å². The smallest absolute Gasteiger partial charge is 0.270 e. The van der Waals surface area contributed by atoms with Crippen LogP contribution in [-0.4, -0.2) is 53.6 Å². The van der Waals surface area contributed by atoms with Crippen molar-refractivity contribution in [2.45, 2.75) is 58.2 Å². The highest BCUT2D eigenvalue weighted by molar-refractivity contribution is 5.97. The Balaban J connectivity index is 1.50. The number of aromatic nitrogens is 4. The lowest BCUT2D eigenvalue weighted by atomic mass is 10.1. The van der Waals surface area contributed by atoms with E-state index in [1.807, 2.05) is 30.9 Å². The van der Waals surface area contributed by atoms with Gasteiger partial charge in [-0.3, -0.25) is 23.9 Å². The van der Waals surface area contributed by atoms with E-state index in [0.29, 0.717) is 24.3 Å². The van der Waals surface area contributed by atoms with Crippen molar-refractivity contribution in [3.05, 3.63) is 63.8 Å². The van der Waals surface area contributed by atoms with Gasteiger partial charge in [0.05, 0.1) is 12.2 Å². The molecule has 0 unspecified atom stereocenters. The van der Waals surface area contributed by atoms with Gasteiger partial charge < -0.3 is 15.3 Å². The van der Waals surface area contributed by atoms with Crippen LogP contribution in [0.4, 0.5) is 0 Å². The molecule has 1 aliphatic heterocycles. The molecule has 10 heteroatoms. The average Bonchev–Trinajstić information content (AvgIpc) is 3.36. The molecule has 1 saturated heterocycles. The molecular weight excluding hydrogens is 460 g/mol. The SMILES string of the molecule is CC(C)Cn1c(=O)c(C(=O)NC2CC2)c(O)n2ncc(/C=C/C(=O)N3CCC[C@@H]3c3cccnc3)c12. The Morgan fingerprint density at radius 3 is 2.75 bits per heavy atom. The quantitative estimate of drug-likeness (QED) is 0.491. The molecule has 10 nitrogen and oxygen atoms in total. The molecular formula is C26H30N6O4. The van der Waals surface area contributed by atoms with Crippen molar-refractivity contribution < 1.29 is 14.7 Å². The summed E-state index contributed by atoms with van der Waals surface area (Å²) in [6.45, 7) is 4.89. The normalized spacial score (nSPS) is 18.0. The molecule has 2 fully saturated rings. The van der Waals surface area contributed by atoms with Crippen molar-refractivity contribution in [3.8, 4) is 5.88 Å². The van der Waals surface area contributed by atoms with Gasteiger partial charge >= 0.3 is 0 Å². The summed E-state index contributed by atoms with van der Waals surface area (Å²) < 4.78 is 2.65. The van der Waals surface area contributed by atoms with Crippen LogP contribution in [0.25, 0.3) is 11.7 Å². The predicted molar refractivity (Wildman–Crippen MR) is 133 cm³/mol. The van der Waals surface area contributed by atoms with Crippen LogP contribution in [0.2, 0.25) is 0 Å². The summed E-state index contributed by atoms with van der Waals surface area (Å²) in [5, 5.41) is 17.9. The second-order valence-corrected chi connectivity index (χ2v) is 9.90. The van der Waals surface area contributed by atoms with Gasteiger partial charge in [-0.1, -0.05) is 19.9 Å². The van der Waals surface area contributed by atoms with Crippen molar-refractivity contribution in [1.29, 1.82) is 0 Å². The number of carbonyl (C=O) groups is 2. The first-order chi connectivity index (χ1) is 17.3. The first kappa shape index (κ1) is 23.8. The van der Waals surface area contributed by atoms with Crippen LogP contribution >= 0.6 is 0 Å². The lowest BCUT2D eigenvalue weighted by Crippen LogP contribution is -2.36. The first-order valence-corrected chi connectivity index (χ1v) is 12.4. The fourth-order valence-corrected chi connectivity index (χ4v) is 4.76. The van der Waals surface area contributed by atoms with E-state index in [4.69, 9.17) is 0 Å². The lowest BCUT2D eigenvalue weighted by molar-refractivity contribution is -0.126. The summed E-state index contributed by atoms with van der Waals surface area (Å²) in [6.07, 6.45) is 11.6. The molecule has 4 heterocycles. The van der Waals surface area contributed by atoms with Crippen molar-refractivity contribution in [2.75, 3.05) is 6.54 Å². The zero-order valence-electron chi connectivity index (χ0n) is 20.4. The van der Waals surface area contributed by atoms with E-state index in [1.54, 1.807) is 18.5 Å². The number of likely N-dealkylation sites (tertiary alicyclic amines) is 1. The van der Waals surface area contributed by atoms with Crippen molar-refractivity contribution in [3.63, 3.8) is 0 Å². The minimum absolute atomic E-state index is 0.0320. The second-order valence-electron chi connectivity index (χ2n) is 9.90. The van der Waals surface area contributed by atoms with Gasteiger partial charge in [0.1, 0.15) is 5.65 Å². The third-order valence-electron chi connectivity index (χ3n) is 6.61. The number of hydrogen-bond donors (Lipinski definition) is 2. The van der Waals surface area contributed by atoms with Crippen molar-refractivity contribution in [2.24, 2.45) is 5.92 Å². The van der Waals surface area contributed by atoms with Crippen molar-refractivity contribution in [1.82, 2.24) is 29.4 Å². The van der Waals surface area contributed by atoms with Gasteiger partial charge in [0.2, 0.25) is 11.8 Å². The Kier molecular flexibility index (Phi) is 6.34. The van der Waals surface area contributed by atoms with Gasteiger partial charge in [0.25, 0.3) is 11.5 Å². The number of nitrogens with zero attached hydrogens (tertiary/aromatic N) is 5. The van der Waals surface area contributed by atoms with Gasteiger partial charge in [-0.25, -0.2) is 0 Å². The topological polar surface area (TPSA) is 122 Å². The number of aromatic hydroxyl groups is 1. The molecule has 3 aromatic rings. The number of pyridine rings is 1. The Morgan fingerprint density at radius 2 is 2.06 bits per heavy atom. The highest BCUT2D eigenvalue weighted by Gasteiger charge is 2.31. The summed E-state index contributed by atoms with van der Waals surface area (Å²) in [5.41, 5.74) is 0.942. The van der Waals surface area contributed by atoms with E-state index in [1.165, 1.54) is 21.4 Å². The molecule has 1 atom stereocenters. The van der Waals surface area contributed by atoms with Gasteiger partial charge in [-0.2, -0.15) is 9.61 Å². The molecule has 2 N–H and O–H groups in total. The number of fused-ring (bicyclic) bond motifs is 1. The molecule has 2 amide bonds. The highest BCUT2D eigenvalue weighted by Crippen LogP contribution is 2.32. The Labute approximate surface area is 208 Å². The Bertz CT molecular complexity index is 1390. The molecule has 2 aliphatic rings. The van der Waals surface area contributed by atoms with E-state index < -0.39 is 17.3 Å². The fraction of sp³-hybridized carbons (Fsp3) is 0.423. The van der Waals surface area contributed by atoms with Crippen LogP contribution < -0.4 is 10.9 Å². The van der Waals surface area contributed by atoms with Crippen LogP contribution in [0.1, 0.15) is 67.1 Å². The number of carbonyl (C=O) groups excluding carboxylic acids is 2. The summed E-state index contributed by atoms with van der Waals surface area (Å²) >= 11 is 0. The zero-order chi connectivity index (χ0) is 25.4. The third-order valence-corrected chi connectivity index (χ3v) is 6.61. The molecule has 0 radical (unpaired) electrons. The van der Waals surface area contributed by atoms with Gasteiger partial charge in [-0.05, 0) is 49.3 Å².